The molecule has 0 unspecified atom stereocenters. The van der Waals surface area contributed by atoms with E-state index in [-0.39, 0.29) is 45.7 Å². The van der Waals surface area contributed by atoms with Crippen LogP contribution in [0.4, 0.5) is 43.9 Å². The normalized spacial score (nSPS) is 12.5. The summed E-state index contributed by atoms with van der Waals surface area (Å²) >= 11 is 0. The molecule has 4 rings (SSSR count). The van der Waals surface area contributed by atoms with E-state index in [2.05, 4.69) is 24.3 Å². The van der Waals surface area contributed by atoms with Crippen LogP contribution in [0.3, 0.4) is 0 Å². The fourth-order valence-electron chi connectivity index (χ4n) is 2.84. The van der Waals surface area contributed by atoms with Crippen molar-refractivity contribution in [2.75, 3.05) is 13.1 Å². The first-order valence-electron chi connectivity index (χ1n) is 12.5. The van der Waals surface area contributed by atoms with Crippen LogP contribution in [0.1, 0.15) is 24.0 Å². The van der Waals surface area contributed by atoms with E-state index in [4.69, 9.17) is 0 Å². The van der Waals surface area contributed by atoms with Crippen molar-refractivity contribution < 1.29 is 75.2 Å². The molecule has 0 bridgehead atoms. The molecule has 2 amide bonds. The van der Waals surface area contributed by atoms with Crippen LogP contribution in [0.2, 0.25) is 0 Å². The molecule has 0 radical (unpaired) electrons. The molecule has 45 heavy (non-hydrogen) atoms. The van der Waals surface area contributed by atoms with Gasteiger partial charge in [0, 0.05) is 36.4 Å². The maximum Gasteiger partial charge on any atom is 4.00 e. The van der Waals surface area contributed by atoms with E-state index >= 15 is 0 Å². The van der Waals surface area contributed by atoms with E-state index in [9.17, 15) is 53.5 Å². The fraction of sp³-hybridized carbons (Fsp3) is 0.267. The van der Waals surface area contributed by atoms with Gasteiger partial charge in [-0.15, -0.1) is 48.2 Å². The van der Waals surface area contributed by atoms with Crippen molar-refractivity contribution in [1.82, 2.24) is 10.6 Å². The van der Waals surface area contributed by atoms with E-state index in [1.54, 1.807) is 22.8 Å². The van der Waals surface area contributed by atoms with Gasteiger partial charge in [0.05, 0.1) is 0 Å². The van der Waals surface area contributed by atoms with Gasteiger partial charge in [0.1, 0.15) is 0 Å². The minimum atomic E-state index is -4.96. The largest absolute Gasteiger partial charge is 4.00 e. The molecule has 0 spiro atoms. The maximum absolute atomic E-state index is 13.0. The summed E-state index contributed by atoms with van der Waals surface area (Å²) in [6, 6.07) is 7.52. The van der Waals surface area contributed by atoms with Crippen LogP contribution in [0, 0.1) is 47.6 Å². The minimum Gasteiger partial charge on any atom is -0.349 e. The minimum absolute atomic E-state index is 0. The molecule has 0 saturated heterocycles. The first kappa shape index (κ1) is 41.4. The molecule has 2 aromatic rings. The summed E-state index contributed by atoms with van der Waals surface area (Å²) in [6.45, 7) is -0.788. The zero-order valence-corrected chi connectivity index (χ0v) is 24.7. The summed E-state index contributed by atoms with van der Waals surface area (Å²) in [6.07, 6.45) is 9.72. The Bertz CT molecular complexity index is 1220. The first-order valence-corrected chi connectivity index (χ1v) is 12.5. The quantitative estimate of drug-likeness (QED) is 0.206. The van der Waals surface area contributed by atoms with Gasteiger partial charge in [0.2, 0.25) is 0 Å². The fourth-order valence-corrected chi connectivity index (χ4v) is 2.84. The third-order valence-corrected chi connectivity index (χ3v) is 4.93. The molecule has 0 fully saturated rings. The Morgan fingerprint density at radius 3 is 1.22 bits per heavy atom. The number of carbonyl (C=O) groups excluding carboxylic acids is 2. The summed E-state index contributed by atoms with van der Waals surface area (Å²) in [5.41, 5.74) is -0.0391. The number of amides is 2. The zero-order valence-electron chi connectivity index (χ0n) is 23.1. The third kappa shape index (κ3) is 18.7. The maximum atomic E-state index is 13.0. The Hall–Kier alpha value is -3.65. The number of nitrogens with one attached hydrogen (secondary N) is 2. The van der Waals surface area contributed by atoms with E-state index in [1.165, 1.54) is 0 Å². The van der Waals surface area contributed by atoms with Gasteiger partial charge in [-0.25, -0.2) is 41.9 Å². The summed E-state index contributed by atoms with van der Waals surface area (Å²) in [5, 5.41) is 3.15. The summed E-state index contributed by atoms with van der Waals surface area (Å²) < 4.78 is 121. The van der Waals surface area contributed by atoms with Crippen LogP contribution in [0.5, 0.6) is 0 Å². The molecule has 15 heteroatoms. The average Bonchev–Trinajstić information content (AvgIpc) is 3.70. The molecule has 4 nitrogen and oxygen atoms in total. The van der Waals surface area contributed by atoms with Gasteiger partial charge in [-0.1, -0.05) is 12.8 Å². The van der Waals surface area contributed by atoms with Crippen molar-refractivity contribution >= 4 is 11.8 Å². The van der Waals surface area contributed by atoms with E-state index in [1.807, 2.05) is 24.3 Å². The van der Waals surface area contributed by atoms with Crippen molar-refractivity contribution in [1.29, 1.82) is 0 Å². The van der Waals surface area contributed by atoms with Crippen molar-refractivity contribution in [2.45, 2.75) is 38.0 Å². The second-order valence-electron chi connectivity index (χ2n) is 8.30. The first-order chi connectivity index (χ1) is 20.6. The predicted molar refractivity (Wildman–Crippen MR) is 139 cm³/mol. The van der Waals surface area contributed by atoms with Crippen molar-refractivity contribution in [3.63, 3.8) is 0 Å². The van der Waals surface area contributed by atoms with Crippen LogP contribution in [0.15, 0.2) is 60.7 Å². The topological polar surface area (TPSA) is 58.2 Å². The van der Waals surface area contributed by atoms with Gasteiger partial charge < -0.3 is 10.6 Å². The van der Waals surface area contributed by atoms with Crippen LogP contribution in [-0.2, 0) is 44.1 Å². The number of allylic oxidation sites excluding steroid dienone is 8. The van der Waals surface area contributed by atoms with Gasteiger partial charge in [0.15, 0.2) is 0 Å². The van der Waals surface area contributed by atoms with E-state index in [0.29, 0.717) is 0 Å². The van der Waals surface area contributed by atoms with Crippen molar-refractivity contribution in [3.05, 3.63) is 119 Å². The summed E-state index contributed by atoms with van der Waals surface area (Å²) in [4.78, 5) is 20.8. The van der Waals surface area contributed by atoms with E-state index in [0.717, 1.165) is 37.1 Å². The zero-order chi connectivity index (χ0) is 33.2. The summed E-state index contributed by atoms with van der Waals surface area (Å²) in [5.74, 6) is -7.94. The molecular weight excluding hydrogens is 658 g/mol. The number of halogens is 10. The molecule has 2 N–H and O–H groups in total. The van der Waals surface area contributed by atoms with Gasteiger partial charge in [-0.05, 0) is 0 Å². The van der Waals surface area contributed by atoms with Crippen LogP contribution >= 0.6 is 0 Å². The third-order valence-electron chi connectivity index (χ3n) is 4.93. The second-order valence-corrected chi connectivity index (χ2v) is 8.30. The standard InChI is InChI=1S/2C10H7F5NO.2C5H5.Ti/c2*11-7-2-1-6(8(12)5-7)3-4-16-9(17)10(13,14)15;2*1-2-4-5-3-1;/h2*1-2H,3-4H2,(H,16,17);2*1-3H,4H2;/q4*-1;+4. The Kier molecular flexibility index (Phi) is 19.4. The number of hydrogen-bond acceptors (Lipinski definition) is 2. The number of carbonyl (C=O) groups is 2. The monoisotopic (exact) mass is 682 g/mol. The molecule has 240 valence electrons. The molecular formula is C30H24F10N2O2Ti. The molecule has 2 aliphatic carbocycles. The number of alkyl halides is 6. The Labute approximate surface area is 267 Å². The second kappa shape index (κ2) is 21.2. The van der Waals surface area contributed by atoms with Gasteiger partial charge in [0.25, 0.3) is 0 Å². The van der Waals surface area contributed by atoms with Crippen molar-refractivity contribution in [2.24, 2.45) is 0 Å². The van der Waals surface area contributed by atoms with Gasteiger partial charge >= 0.3 is 45.9 Å². The SMILES string of the molecule is O=C(NCCc1ccc(F)[c-]c1F)C(F)(F)F.O=C(NCCc1ccc(F)[c-]c1F)C(F)(F)F.[C-]1=CC=CC1.[C-]1=CC=CC1.[Ti+4]. The van der Waals surface area contributed by atoms with E-state index < -0.39 is 60.5 Å². The molecule has 0 saturated carbocycles. The molecule has 0 heterocycles. The van der Waals surface area contributed by atoms with Crippen LogP contribution in [-0.4, -0.2) is 37.3 Å². The van der Waals surface area contributed by atoms with Gasteiger partial charge in [-0.2, -0.15) is 50.6 Å². The Balaban J connectivity index is 0.000000644. The van der Waals surface area contributed by atoms with Crippen LogP contribution in [0.25, 0.3) is 0 Å². The smallest absolute Gasteiger partial charge is 0.349 e. The number of benzene rings is 2. The Morgan fingerprint density at radius 2 is 1.00 bits per heavy atom. The molecule has 2 aliphatic rings. The summed E-state index contributed by atoms with van der Waals surface area (Å²) in [7, 11) is 0. The average molecular weight is 682 g/mol. The molecule has 2 aromatic carbocycles. The van der Waals surface area contributed by atoms with Crippen molar-refractivity contribution in [3.8, 4) is 0 Å². The molecule has 0 aliphatic heterocycles. The number of hydrogen-bond donors (Lipinski definition) is 2. The van der Waals surface area contributed by atoms with Gasteiger partial charge in [-0.3, -0.25) is 21.7 Å². The molecule has 0 aromatic heterocycles. The predicted octanol–water partition coefficient (Wildman–Crippen LogP) is 6.58. The Morgan fingerprint density at radius 1 is 0.644 bits per heavy atom. The molecule has 0 atom stereocenters. The van der Waals surface area contributed by atoms with Crippen LogP contribution < -0.4 is 10.6 Å². The number of rotatable bonds is 6.